The summed E-state index contributed by atoms with van der Waals surface area (Å²) in [5.74, 6) is 0.506. The van der Waals surface area contributed by atoms with E-state index in [2.05, 4.69) is 37.2 Å². The van der Waals surface area contributed by atoms with Gasteiger partial charge in [0.15, 0.2) is 0 Å². The molecular formula is C10H11Br2NO2. The van der Waals surface area contributed by atoms with Crippen LogP contribution >= 0.6 is 31.9 Å². The Kier molecular flexibility index (Phi) is 5.11. The van der Waals surface area contributed by atoms with Crippen LogP contribution in [0, 0.1) is 0 Å². The molecule has 15 heavy (non-hydrogen) atoms. The zero-order valence-electron chi connectivity index (χ0n) is 8.22. The first-order chi connectivity index (χ1) is 7.13. The third-order valence-electron chi connectivity index (χ3n) is 1.62. The van der Waals surface area contributed by atoms with Gasteiger partial charge in [-0.3, -0.25) is 0 Å². The van der Waals surface area contributed by atoms with Crippen LogP contribution in [0.3, 0.4) is 0 Å². The van der Waals surface area contributed by atoms with Crippen LogP contribution in [0.1, 0.15) is 13.3 Å². The summed E-state index contributed by atoms with van der Waals surface area (Å²) in [6, 6.07) is 5.36. The van der Waals surface area contributed by atoms with Crippen molar-refractivity contribution >= 4 is 38.0 Å². The topological polar surface area (TPSA) is 38.3 Å². The van der Waals surface area contributed by atoms with Gasteiger partial charge in [-0.05, 0) is 40.5 Å². The first kappa shape index (κ1) is 12.5. The maximum absolute atomic E-state index is 11.2. The highest BCUT2D eigenvalue weighted by Gasteiger charge is 2.06. The lowest BCUT2D eigenvalue weighted by Crippen LogP contribution is -2.27. The summed E-state index contributed by atoms with van der Waals surface area (Å²) in [5.41, 5.74) is 0. The fourth-order valence-corrected chi connectivity index (χ4v) is 2.05. The number of hydrogen-bond acceptors (Lipinski definition) is 2. The summed E-state index contributed by atoms with van der Waals surface area (Å²) in [6.07, 6.45) is 0.455. The van der Waals surface area contributed by atoms with Gasteiger partial charge in [0, 0.05) is 11.0 Å². The van der Waals surface area contributed by atoms with Crippen LogP contribution in [0.4, 0.5) is 4.79 Å². The summed E-state index contributed by atoms with van der Waals surface area (Å²) in [4.78, 5) is 11.2. The monoisotopic (exact) mass is 335 g/mol. The predicted molar refractivity (Wildman–Crippen MR) is 66.2 cm³/mol. The van der Waals surface area contributed by atoms with Gasteiger partial charge in [-0.2, -0.15) is 0 Å². The number of ether oxygens (including phenoxy) is 1. The standard InChI is InChI=1S/C10H11Br2NO2/c1-2-5-13-10(14)15-9-4-3-7(11)6-8(9)12/h3-4,6H,2,5H2,1H3,(H,13,14). The van der Waals surface area contributed by atoms with Crippen LogP contribution in [-0.4, -0.2) is 12.6 Å². The minimum absolute atomic E-state index is 0.431. The summed E-state index contributed by atoms with van der Waals surface area (Å²) in [6.45, 7) is 2.60. The Morgan fingerprint density at radius 2 is 2.20 bits per heavy atom. The lowest BCUT2D eigenvalue weighted by Gasteiger charge is -2.07. The van der Waals surface area contributed by atoms with Crippen molar-refractivity contribution in [2.24, 2.45) is 0 Å². The molecule has 0 unspecified atom stereocenters. The van der Waals surface area contributed by atoms with Gasteiger partial charge in [0.05, 0.1) is 4.47 Å². The van der Waals surface area contributed by atoms with E-state index in [1.165, 1.54) is 0 Å². The second-order valence-corrected chi connectivity index (χ2v) is 4.66. The maximum Gasteiger partial charge on any atom is 0.412 e. The fraction of sp³-hybridized carbons (Fsp3) is 0.300. The molecule has 0 saturated heterocycles. The van der Waals surface area contributed by atoms with Crippen LogP contribution in [0.25, 0.3) is 0 Å². The average Bonchev–Trinajstić information content (AvgIpc) is 2.19. The minimum atomic E-state index is -0.431. The largest absolute Gasteiger partial charge is 0.412 e. The molecule has 0 atom stereocenters. The normalized spacial score (nSPS) is 9.80. The third-order valence-corrected chi connectivity index (χ3v) is 2.73. The van der Waals surface area contributed by atoms with E-state index >= 15 is 0 Å². The van der Waals surface area contributed by atoms with E-state index in [0.29, 0.717) is 12.3 Å². The molecule has 1 rings (SSSR count). The zero-order valence-corrected chi connectivity index (χ0v) is 11.4. The molecule has 1 aromatic carbocycles. The van der Waals surface area contributed by atoms with Gasteiger partial charge in [-0.25, -0.2) is 4.79 Å². The molecule has 0 bridgehead atoms. The van der Waals surface area contributed by atoms with E-state index < -0.39 is 6.09 Å². The van der Waals surface area contributed by atoms with Gasteiger partial charge in [0.1, 0.15) is 5.75 Å². The number of carbonyl (C=O) groups excluding carboxylic acids is 1. The number of hydrogen-bond donors (Lipinski definition) is 1. The molecule has 0 aromatic heterocycles. The molecule has 5 heteroatoms. The molecule has 0 heterocycles. The van der Waals surface area contributed by atoms with Crippen molar-refractivity contribution < 1.29 is 9.53 Å². The first-order valence-electron chi connectivity index (χ1n) is 4.54. The Hall–Kier alpha value is -0.550. The van der Waals surface area contributed by atoms with Crippen molar-refractivity contribution in [3.8, 4) is 5.75 Å². The first-order valence-corrected chi connectivity index (χ1v) is 6.13. The lowest BCUT2D eigenvalue weighted by atomic mass is 10.3. The lowest BCUT2D eigenvalue weighted by molar-refractivity contribution is 0.200. The Labute approximate surface area is 105 Å². The molecule has 1 aromatic rings. The Bertz CT molecular complexity index is 355. The smallest absolute Gasteiger partial charge is 0.409 e. The molecule has 0 aliphatic heterocycles. The molecule has 0 saturated carbocycles. The SMILES string of the molecule is CCCNC(=O)Oc1ccc(Br)cc1Br. The molecule has 0 spiro atoms. The predicted octanol–water partition coefficient (Wildman–Crippen LogP) is 3.71. The summed E-state index contributed by atoms with van der Waals surface area (Å²) < 4.78 is 6.75. The van der Waals surface area contributed by atoms with Gasteiger partial charge < -0.3 is 10.1 Å². The zero-order chi connectivity index (χ0) is 11.3. The van der Waals surface area contributed by atoms with E-state index in [4.69, 9.17) is 4.74 Å². The second-order valence-electron chi connectivity index (χ2n) is 2.89. The molecule has 0 radical (unpaired) electrons. The van der Waals surface area contributed by atoms with Crippen molar-refractivity contribution in [2.45, 2.75) is 13.3 Å². The summed E-state index contributed by atoms with van der Waals surface area (Å²) in [7, 11) is 0. The molecule has 1 amide bonds. The van der Waals surface area contributed by atoms with Crippen LogP contribution in [0.5, 0.6) is 5.75 Å². The summed E-state index contributed by atoms with van der Waals surface area (Å²) in [5, 5.41) is 2.63. The number of rotatable bonds is 3. The van der Waals surface area contributed by atoms with Crippen LogP contribution < -0.4 is 10.1 Å². The van der Waals surface area contributed by atoms with E-state index in [1.54, 1.807) is 6.07 Å². The van der Waals surface area contributed by atoms with Crippen LogP contribution in [-0.2, 0) is 0 Å². The van der Waals surface area contributed by atoms with Crippen molar-refractivity contribution in [3.63, 3.8) is 0 Å². The van der Waals surface area contributed by atoms with Crippen LogP contribution in [0.2, 0.25) is 0 Å². The van der Waals surface area contributed by atoms with Gasteiger partial charge >= 0.3 is 6.09 Å². The number of amides is 1. The number of benzene rings is 1. The summed E-state index contributed by atoms with van der Waals surface area (Å²) >= 11 is 6.63. The van der Waals surface area contributed by atoms with Gasteiger partial charge in [0.25, 0.3) is 0 Å². The third kappa shape index (κ3) is 4.22. The molecule has 82 valence electrons. The maximum atomic E-state index is 11.2. The van der Waals surface area contributed by atoms with E-state index in [0.717, 1.165) is 15.4 Å². The van der Waals surface area contributed by atoms with Gasteiger partial charge in [-0.1, -0.05) is 22.9 Å². The highest BCUT2D eigenvalue weighted by molar-refractivity contribution is 9.11. The number of nitrogens with one attached hydrogen (secondary N) is 1. The number of halogens is 2. The Balaban J connectivity index is 2.60. The van der Waals surface area contributed by atoms with Crippen molar-refractivity contribution in [2.75, 3.05) is 6.54 Å². The molecule has 0 aliphatic rings. The van der Waals surface area contributed by atoms with Crippen molar-refractivity contribution in [3.05, 3.63) is 27.1 Å². The van der Waals surface area contributed by atoms with E-state index in [-0.39, 0.29) is 0 Å². The fourth-order valence-electron chi connectivity index (χ4n) is 0.921. The Morgan fingerprint density at radius 3 is 2.80 bits per heavy atom. The average molecular weight is 337 g/mol. The molecule has 0 aliphatic carbocycles. The van der Waals surface area contributed by atoms with E-state index in [1.807, 2.05) is 19.1 Å². The molecular weight excluding hydrogens is 326 g/mol. The van der Waals surface area contributed by atoms with Crippen molar-refractivity contribution in [1.82, 2.24) is 5.32 Å². The Morgan fingerprint density at radius 1 is 1.47 bits per heavy atom. The van der Waals surface area contributed by atoms with Crippen LogP contribution in [0.15, 0.2) is 27.1 Å². The molecule has 1 N–H and O–H groups in total. The van der Waals surface area contributed by atoms with Gasteiger partial charge in [0.2, 0.25) is 0 Å². The highest BCUT2D eigenvalue weighted by Crippen LogP contribution is 2.28. The van der Waals surface area contributed by atoms with E-state index in [9.17, 15) is 4.79 Å². The second kappa shape index (κ2) is 6.12. The number of carbonyl (C=O) groups is 1. The molecule has 0 fully saturated rings. The van der Waals surface area contributed by atoms with Gasteiger partial charge in [-0.15, -0.1) is 0 Å². The molecule has 3 nitrogen and oxygen atoms in total. The highest BCUT2D eigenvalue weighted by atomic mass is 79.9. The van der Waals surface area contributed by atoms with Crippen molar-refractivity contribution in [1.29, 1.82) is 0 Å². The minimum Gasteiger partial charge on any atom is -0.409 e. The quantitative estimate of drug-likeness (QED) is 0.913.